The van der Waals surface area contributed by atoms with Crippen LogP contribution >= 0.6 is 38.5 Å². The predicted octanol–water partition coefficient (Wildman–Crippen LogP) is 3.92. The number of hydrogen-bond acceptors (Lipinski definition) is 3. The van der Waals surface area contributed by atoms with E-state index in [0.717, 1.165) is 17.4 Å². The van der Waals surface area contributed by atoms with Crippen LogP contribution in [0.4, 0.5) is 0 Å². The Morgan fingerprint density at radius 3 is 2.00 bits per heavy atom. The smallest absolute Gasteiger partial charge is 0.206 e. The summed E-state index contributed by atoms with van der Waals surface area (Å²) in [6.07, 6.45) is -0.0617. The van der Waals surface area contributed by atoms with Crippen molar-refractivity contribution < 1.29 is 13.5 Å². The highest BCUT2D eigenvalue weighted by Gasteiger charge is 2.43. The Kier molecular flexibility index (Phi) is 5.12. The van der Waals surface area contributed by atoms with Crippen LogP contribution in [0.2, 0.25) is 0 Å². The Bertz CT molecular complexity index is 712. The zero-order valence-corrected chi connectivity index (χ0v) is 15.8. The molecule has 2 rings (SSSR count). The van der Waals surface area contributed by atoms with E-state index in [1.54, 1.807) is 34.7 Å². The first-order valence-electron chi connectivity index (χ1n) is 6.14. The number of alkyl halides is 2. The monoisotopic (exact) mass is 480 g/mol. The molecule has 0 aromatic heterocycles. The molecule has 3 nitrogen and oxygen atoms in total. The van der Waals surface area contributed by atoms with Gasteiger partial charge < -0.3 is 5.11 Å². The van der Waals surface area contributed by atoms with Gasteiger partial charge in [0, 0.05) is 6.26 Å². The molecule has 0 saturated heterocycles. The molecule has 0 bridgehead atoms. The van der Waals surface area contributed by atoms with Crippen molar-refractivity contribution in [1.82, 2.24) is 0 Å². The summed E-state index contributed by atoms with van der Waals surface area (Å²) in [5, 5.41) is 10.3. The molecule has 6 heteroatoms. The van der Waals surface area contributed by atoms with Crippen molar-refractivity contribution in [2.45, 2.75) is 7.77 Å². The largest absolute Gasteiger partial charge is 0.385 e. The van der Waals surface area contributed by atoms with Gasteiger partial charge in [-0.05, 0) is 39.3 Å². The molecular weight excluding hydrogens is 467 g/mol. The van der Waals surface area contributed by atoms with Crippen molar-refractivity contribution in [1.29, 1.82) is 0 Å². The van der Waals surface area contributed by atoms with Gasteiger partial charge in [0.1, 0.15) is 6.10 Å². The molecule has 0 aliphatic rings. The van der Waals surface area contributed by atoms with Gasteiger partial charge in [-0.1, -0.05) is 70.5 Å². The summed E-state index contributed by atoms with van der Waals surface area (Å²) in [5.74, 6) is 0. The molecule has 0 saturated carbocycles. The molecule has 0 fully saturated rings. The van der Waals surface area contributed by atoms with Gasteiger partial charge in [-0.25, -0.2) is 8.42 Å². The van der Waals surface area contributed by atoms with Crippen molar-refractivity contribution in [3.63, 3.8) is 0 Å². The topological polar surface area (TPSA) is 54.4 Å². The number of aliphatic hydroxyl groups excluding tert-OH is 1. The maximum absolute atomic E-state index is 11.7. The maximum Gasteiger partial charge on any atom is 0.206 e. The van der Waals surface area contributed by atoms with Crippen LogP contribution in [0.1, 0.15) is 11.7 Å². The fraction of sp³-hybridized carbons (Fsp3) is 0.200. The van der Waals surface area contributed by atoms with Crippen molar-refractivity contribution >= 4 is 48.4 Å². The fourth-order valence-electron chi connectivity index (χ4n) is 1.89. The molecule has 1 N–H and O–H groups in total. The van der Waals surface area contributed by atoms with Crippen molar-refractivity contribution in [3.05, 3.63) is 60.2 Å². The van der Waals surface area contributed by atoms with Gasteiger partial charge in [-0.15, -0.1) is 0 Å². The number of sulfone groups is 1. The third kappa shape index (κ3) is 3.67. The normalized spacial score (nSPS) is 16.2. The first-order valence-corrected chi connectivity index (χ1v) is 9.90. The summed E-state index contributed by atoms with van der Waals surface area (Å²) in [4.78, 5) is 0. The van der Waals surface area contributed by atoms with E-state index in [4.69, 9.17) is 0 Å². The number of halogens is 2. The summed E-state index contributed by atoms with van der Waals surface area (Å²) in [6.45, 7) is 0. The summed E-state index contributed by atoms with van der Waals surface area (Å²) in [6, 6.07) is 17.1. The fourth-order valence-corrected chi connectivity index (χ4v) is 3.05. The Balaban J connectivity index is 2.32. The lowest BCUT2D eigenvalue weighted by molar-refractivity contribution is 0.191. The Hall–Kier alpha value is -0.440. The van der Waals surface area contributed by atoms with Crippen LogP contribution < -0.4 is 0 Å². The average molecular weight is 481 g/mol. The molecule has 2 atom stereocenters. The highest BCUT2D eigenvalue weighted by molar-refractivity contribution is 14.1. The van der Waals surface area contributed by atoms with E-state index < -0.39 is 17.6 Å². The Morgan fingerprint density at radius 1 is 1.05 bits per heavy atom. The minimum absolute atomic E-state index is 0.548. The SMILES string of the molecule is CS(=O)(=O)[C@@](Br)(I)[C@@H](O)c1ccc(-c2ccccc2)cc1. The van der Waals surface area contributed by atoms with E-state index >= 15 is 0 Å². The quantitative estimate of drug-likeness (QED) is 0.533. The van der Waals surface area contributed by atoms with Crippen LogP contribution in [0.15, 0.2) is 54.6 Å². The van der Waals surface area contributed by atoms with Crippen LogP contribution in [-0.2, 0) is 9.84 Å². The van der Waals surface area contributed by atoms with Crippen LogP contribution in [-0.4, -0.2) is 21.4 Å². The second kappa shape index (κ2) is 6.36. The summed E-state index contributed by atoms with van der Waals surface area (Å²) in [5.41, 5.74) is 2.63. The number of rotatable bonds is 4. The minimum Gasteiger partial charge on any atom is -0.385 e. The average Bonchev–Trinajstić information content (AvgIpc) is 2.46. The summed E-state index contributed by atoms with van der Waals surface area (Å²) >= 11 is 4.83. The van der Waals surface area contributed by atoms with E-state index in [2.05, 4.69) is 15.9 Å². The molecule has 0 aliphatic heterocycles. The Labute approximate surface area is 146 Å². The Morgan fingerprint density at radius 2 is 1.52 bits per heavy atom. The maximum atomic E-state index is 11.7. The number of benzene rings is 2. The molecule has 0 unspecified atom stereocenters. The molecule has 0 radical (unpaired) electrons. The number of hydrogen-bond donors (Lipinski definition) is 1. The van der Waals surface area contributed by atoms with E-state index in [1.807, 2.05) is 42.5 Å². The standard InChI is InChI=1S/C15H14BrIO3S/c1-21(19,20)15(16,17)14(18)13-9-7-12(8-10-13)11-5-3-2-4-6-11/h2-10,14,18H,1H3/t14-,15-/m0/s1. The first-order chi connectivity index (χ1) is 9.73. The van der Waals surface area contributed by atoms with E-state index in [0.29, 0.717) is 5.56 Å². The van der Waals surface area contributed by atoms with E-state index in [9.17, 15) is 13.5 Å². The first kappa shape index (κ1) is 16.9. The molecule has 2 aromatic carbocycles. The van der Waals surface area contributed by atoms with Gasteiger partial charge in [0.2, 0.25) is 1.66 Å². The number of aliphatic hydroxyl groups is 1. The molecular formula is C15H14BrIO3S. The van der Waals surface area contributed by atoms with E-state index in [-0.39, 0.29) is 0 Å². The minimum atomic E-state index is -3.46. The van der Waals surface area contributed by atoms with Crippen molar-refractivity contribution in [2.24, 2.45) is 0 Å². The molecule has 0 heterocycles. The van der Waals surface area contributed by atoms with E-state index in [1.165, 1.54) is 0 Å². The zero-order chi connectivity index (χ0) is 15.7. The lowest BCUT2D eigenvalue weighted by Crippen LogP contribution is -2.31. The van der Waals surface area contributed by atoms with Gasteiger partial charge in [0.05, 0.1) is 0 Å². The lowest BCUT2D eigenvalue weighted by atomic mass is 10.0. The summed E-state index contributed by atoms with van der Waals surface area (Å²) < 4.78 is 22.0. The van der Waals surface area contributed by atoms with Crippen LogP contribution in [0.3, 0.4) is 0 Å². The highest BCUT2D eigenvalue weighted by atomic mass is 127. The lowest BCUT2D eigenvalue weighted by Gasteiger charge is -2.25. The predicted molar refractivity (Wildman–Crippen MR) is 97.4 cm³/mol. The van der Waals surface area contributed by atoms with Crippen LogP contribution in [0, 0.1) is 0 Å². The van der Waals surface area contributed by atoms with Crippen LogP contribution in [0.5, 0.6) is 0 Å². The second-order valence-corrected chi connectivity index (χ2v) is 12.6. The van der Waals surface area contributed by atoms with Crippen molar-refractivity contribution in [2.75, 3.05) is 6.26 Å². The van der Waals surface area contributed by atoms with Gasteiger partial charge in [-0.3, -0.25) is 0 Å². The van der Waals surface area contributed by atoms with Crippen molar-refractivity contribution in [3.8, 4) is 11.1 Å². The molecule has 0 aliphatic carbocycles. The molecule has 0 amide bonds. The highest BCUT2D eigenvalue weighted by Crippen LogP contribution is 2.44. The van der Waals surface area contributed by atoms with Gasteiger partial charge in [-0.2, -0.15) is 0 Å². The van der Waals surface area contributed by atoms with Gasteiger partial charge in [0.25, 0.3) is 0 Å². The molecule has 21 heavy (non-hydrogen) atoms. The third-order valence-corrected chi connectivity index (χ3v) is 9.55. The summed E-state index contributed by atoms with van der Waals surface area (Å²) in [7, 11) is -3.46. The molecule has 112 valence electrons. The van der Waals surface area contributed by atoms with Crippen LogP contribution in [0.25, 0.3) is 11.1 Å². The molecule has 2 aromatic rings. The molecule has 0 spiro atoms. The third-order valence-electron chi connectivity index (χ3n) is 3.15. The van der Waals surface area contributed by atoms with Gasteiger partial charge in [0.15, 0.2) is 9.84 Å². The second-order valence-electron chi connectivity index (χ2n) is 4.72. The zero-order valence-electron chi connectivity index (χ0n) is 11.2. The van der Waals surface area contributed by atoms with Gasteiger partial charge >= 0.3 is 0 Å².